The number of para-hydroxylation sites is 1. The van der Waals surface area contributed by atoms with Gasteiger partial charge in [0.15, 0.2) is 0 Å². The van der Waals surface area contributed by atoms with Crippen molar-refractivity contribution in [3.63, 3.8) is 0 Å². The molecule has 2 nitrogen and oxygen atoms in total. The number of fused-ring (bicyclic) bond motifs is 2. The molecule has 2 aliphatic rings. The smallest absolute Gasteiger partial charge is 0.0705 e. The van der Waals surface area contributed by atoms with Gasteiger partial charge in [0.25, 0.3) is 0 Å². The van der Waals surface area contributed by atoms with Gasteiger partial charge in [0.2, 0.25) is 0 Å². The number of nitrogens with zero attached hydrogens (tertiary/aromatic N) is 1. The van der Waals surface area contributed by atoms with Crippen molar-refractivity contribution in [1.29, 1.82) is 0 Å². The molecule has 1 fully saturated rings. The Hall–Kier alpha value is -1.83. The Balaban J connectivity index is 2.22. The molecule has 0 unspecified atom stereocenters. The highest BCUT2D eigenvalue weighted by Gasteiger charge is 2.26. The van der Waals surface area contributed by atoms with Gasteiger partial charge in [0, 0.05) is 23.3 Å². The Morgan fingerprint density at radius 3 is 2.93 bits per heavy atom. The van der Waals surface area contributed by atoms with Crippen LogP contribution in [0.25, 0.3) is 6.08 Å². The first-order chi connectivity index (χ1) is 6.84. The van der Waals surface area contributed by atoms with Crippen LogP contribution in [0.1, 0.15) is 12.0 Å². The van der Waals surface area contributed by atoms with Crippen molar-refractivity contribution >= 4 is 17.5 Å². The minimum absolute atomic E-state index is 0.859. The Morgan fingerprint density at radius 2 is 2.00 bits per heavy atom. The Morgan fingerprint density at radius 1 is 1.14 bits per heavy atom. The highest BCUT2D eigenvalue weighted by atomic mass is 14.8. The Labute approximate surface area is 82.5 Å². The van der Waals surface area contributed by atoms with Crippen molar-refractivity contribution in [2.75, 3.05) is 0 Å². The van der Waals surface area contributed by atoms with Crippen molar-refractivity contribution in [2.24, 2.45) is 10.7 Å². The fraction of sp³-hybridized carbons (Fsp3) is 0.0833. The maximum Gasteiger partial charge on any atom is 0.0705 e. The second kappa shape index (κ2) is 2.58. The lowest BCUT2D eigenvalue weighted by Crippen LogP contribution is -1.94. The molecule has 1 heterocycles. The normalized spacial score (nSPS) is 29.0. The average molecular weight is 182 g/mol. The van der Waals surface area contributed by atoms with Gasteiger partial charge in [-0.15, -0.1) is 0 Å². The topological polar surface area (TPSA) is 38.4 Å². The van der Waals surface area contributed by atoms with Gasteiger partial charge in [-0.05, 0) is 12.1 Å². The molecule has 14 heavy (non-hydrogen) atoms. The first-order valence-electron chi connectivity index (χ1n) is 4.68. The van der Waals surface area contributed by atoms with Gasteiger partial charge in [0.1, 0.15) is 0 Å². The van der Waals surface area contributed by atoms with Gasteiger partial charge >= 0.3 is 0 Å². The van der Waals surface area contributed by atoms with Gasteiger partial charge in [0.05, 0.1) is 11.4 Å². The molecule has 1 saturated carbocycles. The van der Waals surface area contributed by atoms with Crippen LogP contribution in [-0.4, -0.2) is 5.71 Å². The molecule has 0 bridgehead atoms. The molecule has 1 aliphatic carbocycles. The highest BCUT2D eigenvalue weighted by molar-refractivity contribution is 6.20. The molecule has 0 amide bonds. The monoisotopic (exact) mass is 182 g/mol. The van der Waals surface area contributed by atoms with Crippen LogP contribution in [0.15, 0.2) is 46.6 Å². The van der Waals surface area contributed by atoms with Crippen molar-refractivity contribution < 1.29 is 0 Å². The first-order valence-corrected chi connectivity index (χ1v) is 4.68. The van der Waals surface area contributed by atoms with Crippen molar-refractivity contribution in [1.82, 2.24) is 0 Å². The molecular weight excluding hydrogens is 172 g/mol. The fourth-order valence-corrected chi connectivity index (χ4v) is 1.65. The number of benzene rings is 1. The third-order valence-corrected chi connectivity index (χ3v) is 2.55. The predicted octanol–water partition coefficient (Wildman–Crippen LogP) is 2.40. The molecule has 1 aliphatic heterocycles. The number of hydrogen-bond donors (Lipinski definition) is 1. The number of aliphatic imine (C=N–C) groups is 1. The second-order valence-corrected chi connectivity index (χ2v) is 3.56. The van der Waals surface area contributed by atoms with E-state index in [4.69, 9.17) is 5.73 Å². The van der Waals surface area contributed by atoms with E-state index in [-0.39, 0.29) is 0 Å². The molecular formula is C12H10N2. The maximum atomic E-state index is 5.86. The number of rotatable bonds is 0. The maximum absolute atomic E-state index is 5.86. The van der Waals surface area contributed by atoms with Crippen LogP contribution in [0.5, 0.6) is 0 Å². The van der Waals surface area contributed by atoms with E-state index < -0.39 is 0 Å². The summed E-state index contributed by atoms with van der Waals surface area (Å²) in [5.74, 6) is 0. The van der Waals surface area contributed by atoms with Gasteiger partial charge < -0.3 is 5.73 Å². The van der Waals surface area contributed by atoms with E-state index in [0.29, 0.717) is 0 Å². The summed E-state index contributed by atoms with van der Waals surface area (Å²) in [6.07, 6.45) is 4.94. The molecule has 0 radical (unpaired) electrons. The molecule has 1 aromatic rings. The van der Waals surface area contributed by atoms with E-state index in [1.165, 1.54) is 5.57 Å². The summed E-state index contributed by atoms with van der Waals surface area (Å²) in [6, 6.07) is 8.10. The zero-order valence-electron chi connectivity index (χ0n) is 7.70. The summed E-state index contributed by atoms with van der Waals surface area (Å²) < 4.78 is 0. The van der Waals surface area contributed by atoms with E-state index in [2.05, 4.69) is 11.1 Å². The zero-order chi connectivity index (χ0) is 9.54. The third kappa shape index (κ3) is 1.08. The number of allylic oxidation sites excluding steroid dienone is 2. The first kappa shape index (κ1) is 7.56. The van der Waals surface area contributed by atoms with E-state index in [1.807, 2.05) is 30.4 Å². The molecule has 0 spiro atoms. The molecule has 3 rings (SSSR count). The molecule has 68 valence electrons. The van der Waals surface area contributed by atoms with Gasteiger partial charge in [-0.3, -0.25) is 4.99 Å². The largest absolute Gasteiger partial charge is 0.398 e. The summed E-state index contributed by atoms with van der Waals surface area (Å²) in [5, 5.41) is 0. The molecule has 2 heteroatoms. The van der Waals surface area contributed by atoms with Crippen molar-refractivity contribution in [2.45, 2.75) is 6.42 Å². The minimum Gasteiger partial charge on any atom is -0.398 e. The Kier molecular flexibility index (Phi) is 1.39. The zero-order valence-corrected chi connectivity index (χ0v) is 7.70. The molecule has 0 aromatic heterocycles. The minimum atomic E-state index is 0.859. The van der Waals surface area contributed by atoms with E-state index in [0.717, 1.165) is 29.1 Å². The quantitative estimate of drug-likeness (QED) is 0.657. The average Bonchev–Trinajstić information content (AvgIpc) is 2.93. The van der Waals surface area contributed by atoms with Crippen molar-refractivity contribution in [3.05, 3.63) is 47.2 Å². The predicted molar refractivity (Wildman–Crippen MR) is 58.4 cm³/mol. The second-order valence-electron chi connectivity index (χ2n) is 3.56. The van der Waals surface area contributed by atoms with Crippen LogP contribution in [0.3, 0.4) is 0 Å². The van der Waals surface area contributed by atoms with Gasteiger partial charge in [-0.2, -0.15) is 0 Å². The summed E-state index contributed by atoms with van der Waals surface area (Å²) in [4.78, 5) is 4.55. The van der Waals surface area contributed by atoms with Crippen molar-refractivity contribution in [3.8, 4) is 0 Å². The number of hydrogen-bond acceptors (Lipinski definition) is 2. The van der Waals surface area contributed by atoms with Crippen LogP contribution in [0, 0.1) is 0 Å². The van der Waals surface area contributed by atoms with Crippen LogP contribution in [0.4, 0.5) is 5.69 Å². The van der Waals surface area contributed by atoms with Crippen LogP contribution in [0.2, 0.25) is 0 Å². The lowest BCUT2D eigenvalue weighted by atomic mass is 10.1. The Bertz CT molecular complexity index is 493. The van der Waals surface area contributed by atoms with Crippen LogP contribution in [-0.2, 0) is 0 Å². The summed E-state index contributed by atoms with van der Waals surface area (Å²) >= 11 is 0. The molecule has 0 saturated heterocycles. The summed E-state index contributed by atoms with van der Waals surface area (Å²) in [7, 11) is 0. The number of nitrogens with two attached hydrogens (primary N) is 1. The van der Waals surface area contributed by atoms with E-state index >= 15 is 0 Å². The molecule has 2 N–H and O–H groups in total. The standard InChI is InChI=1S/C12H10N2/c13-10-6-5-8-3-1-2-4-11(8)14-12-7-9(10)12/h1-6H,7,13H2/b6-5-,8-5?,10-6?,10-9+,14-11?,14-12-. The fourth-order valence-electron chi connectivity index (χ4n) is 1.65. The van der Waals surface area contributed by atoms with E-state index in [9.17, 15) is 0 Å². The highest BCUT2D eigenvalue weighted by Crippen LogP contribution is 2.34. The van der Waals surface area contributed by atoms with Gasteiger partial charge in [-0.25, -0.2) is 0 Å². The van der Waals surface area contributed by atoms with Crippen LogP contribution < -0.4 is 5.73 Å². The molecule has 1 aromatic carbocycles. The summed E-state index contributed by atoms with van der Waals surface area (Å²) in [6.45, 7) is 0. The molecule has 0 atom stereocenters. The SMILES string of the molecule is NC1=C2\C\C2=N\c2ccccc2/C=C\1. The third-order valence-electron chi connectivity index (χ3n) is 2.55. The summed E-state index contributed by atoms with van der Waals surface area (Å²) in [5.41, 5.74) is 11.2. The lowest BCUT2D eigenvalue weighted by Gasteiger charge is -2.01. The van der Waals surface area contributed by atoms with E-state index in [1.54, 1.807) is 0 Å². The lowest BCUT2D eigenvalue weighted by molar-refractivity contribution is 1.40. The van der Waals surface area contributed by atoms with Gasteiger partial charge in [-0.1, -0.05) is 24.3 Å². The van der Waals surface area contributed by atoms with Crippen LogP contribution >= 0.6 is 0 Å².